The molecule has 4 rings (SSSR count). The Balaban J connectivity index is 1.60. The highest BCUT2D eigenvalue weighted by Crippen LogP contribution is 2.29. The highest BCUT2D eigenvalue weighted by molar-refractivity contribution is 7.14. The van der Waals surface area contributed by atoms with Gasteiger partial charge in [0, 0.05) is 23.4 Å². The minimum absolute atomic E-state index is 0.212. The van der Waals surface area contributed by atoms with Gasteiger partial charge in [-0.05, 0) is 23.1 Å². The number of nitrogens with one attached hydrogen (secondary N) is 2. The Morgan fingerprint density at radius 2 is 1.72 bits per heavy atom. The van der Waals surface area contributed by atoms with Crippen molar-refractivity contribution in [1.82, 2.24) is 10.3 Å². The van der Waals surface area contributed by atoms with Gasteiger partial charge in [0.05, 0.1) is 5.69 Å². The number of carbonyl (C=O) groups excluding carboxylic acids is 1. The number of aromatic nitrogens is 1. The molecule has 3 aromatic carbocycles. The zero-order valence-corrected chi connectivity index (χ0v) is 16.5. The topological polar surface area (TPSA) is 74.2 Å². The number of carbonyl (C=O) groups is 1. The molecule has 144 valence electrons. The molecule has 0 unspecified atom stereocenters. The van der Waals surface area contributed by atoms with Crippen LogP contribution >= 0.6 is 11.3 Å². The Hall–Kier alpha value is -3.64. The molecule has 5 nitrogen and oxygen atoms in total. The predicted octanol–water partition coefficient (Wildman–Crippen LogP) is 4.87. The van der Waals surface area contributed by atoms with Crippen LogP contribution in [0.15, 0.2) is 77.8 Å². The van der Waals surface area contributed by atoms with Gasteiger partial charge in [-0.25, -0.2) is 4.98 Å². The van der Waals surface area contributed by atoms with Crippen molar-refractivity contribution in [3.8, 4) is 17.0 Å². The van der Waals surface area contributed by atoms with Crippen LogP contribution in [0.25, 0.3) is 28.1 Å². The fourth-order valence-electron chi connectivity index (χ4n) is 3.08. The molecule has 1 amide bonds. The lowest BCUT2D eigenvalue weighted by atomic mass is 10.0. The highest BCUT2D eigenvalue weighted by Gasteiger charge is 2.13. The first-order chi connectivity index (χ1) is 14.2. The maximum atomic E-state index is 12.8. The smallest absolute Gasteiger partial charge is 0.273 e. The first-order valence-electron chi connectivity index (χ1n) is 9.08. The number of rotatable bonds is 5. The van der Waals surface area contributed by atoms with E-state index in [1.807, 2.05) is 60.0 Å². The number of anilines is 1. The molecule has 0 spiro atoms. The van der Waals surface area contributed by atoms with E-state index in [0.717, 1.165) is 27.6 Å². The van der Waals surface area contributed by atoms with Gasteiger partial charge in [0.1, 0.15) is 11.4 Å². The van der Waals surface area contributed by atoms with Crippen molar-refractivity contribution in [2.75, 3.05) is 12.4 Å². The number of phenols is 1. The maximum Gasteiger partial charge on any atom is 0.273 e. The van der Waals surface area contributed by atoms with E-state index in [9.17, 15) is 9.90 Å². The van der Waals surface area contributed by atoms with Crippen LogP contribution in [0.3, 0.4) is 0 Å². The van der Waals surface area contributed by atoms with Gasteiger partial charge >= 0.3 is 0 Å². The summed E-state index contributed by atoms with van der Waals surface area (Å²) in [5.74, 6) is -0.0666. The Morgan fingerprint density at radius 1 is 1.00 bits per heavy atom. The van der Waals surface area contributed by atoms with E-state index in [1.165, 1.54) is 11.3 Å². The van der Waals surface area contributed by atoms with Crippen LogP contribution in [0.2, 0.25) is 0 Å². The third-order valence-electron chi connectivity index (χ3n) is 4.54. The number of hydrogen-bond donors (Lipinski definition) is 3. The summed E-state index contributed by atoms with van der Waals surface area (Å²) in [7, 11) is 1.70. The van der Waals surface area contributed by atoms with Crippen molar-refractivity contribution >= 4 is 39.2 Å². The van der Waals surface area contributed by atoms with Crippen LogP contribution < -0.4 is 10.6 Å². The predicted molar refractivity (Wildman–Crippen MR) is 119 cm³/mol. The summed E-state index contributed by atoms with van der Waals surface area (Å²) in [6, 6.07) is 20.8. The SMILES string of the molecule is CN/C(=C\c1ccc(O)c2ccccc12)C(=O)Nc1nc(-c2ccccc2)cs1. The minimum atomic E-state index is -0.279. The van der Waals surface area contributed by atoms with Gasteiger partial charge in [-0.15, -0.1) is 11.3 Å². The number of aromatic hydroxyl groups is 1. The molecule has 0 radical (unpaired) electrons. The van der Waals surface area contributed by atoms with Crippen LogP contribution in [-0.4, -0.2) is 23.0 Å². The molecule has 3 N–H and O–H groups in total. The Bertz CT molecular complexity index is 1200. The number of likely N-dealkylation sites (N-methyl/N-ethyl adjacent to an activating group) is 1. The van der Waals surface area contributed by atoms with Crippen LogP contribution in [0.4, 0.5) is 5.13 Å². The van der Waals surface area contributed by atoms with Gasteiger partial charge in [0.25, 0.3) is 5.91 Å². The van der Waals surface area contributed by atoms with E-state index >= 15 is 0 Å². The summed E-state index contributed by atoms with van der Waals surface area (Å²) < 4.78 is 0. The Labute approximate surface area is 172 Å². The number of hydrogen-bond acceptors (Lipinski definition) is 5. The number of phenolic OH excluding ortho intramolecular Hbond substituents is 1. The molecule has 0 fully saturated rings. The third kappa shape index (κ3) is 3.97. The van der Waals surface area contributed by atoms with Gasteiger partial charge in [0.2, 0.25) is 0 Å². The molecular weight excluding hydrogens is 382 g/mol. The van der Waals surface area contributed by atoms with E-state index in [2.05, 4.69) is 15.6 Å². The monoisotopic (exact) mass is 401 g/mol. The Kier molecular flexibility index (Phi) is 5.27. The van der Waals surface area contributed by atoms with E-state index in [-0.39, 0.29) is 11.7 Å². The molecule has 6 heteroatoms. The molecule has 1 aromatic heterocycles. The largest absolute Gasteiger partial charge is 0.507 e. The van der Waals surface area contributed by atoms with Crippen molar-refractivity contribution in [2.24, 2.45) is 0 Å². The number of amides is 1. The average Bonchev–Trinajstić information content (AvgIpc) is 3.22. The quantitative estimate of drug-likeness (QED) is 0.417. The molecule has 1 heterocycles. The summed E-state index contributed by atoms with van der Waals surface area (Å²) in [4.78, 5) is 17.3. The summed E-state index contributed by atoms with van der Waals surface area (Å²) in [6.45, 7) is 0. The van der Waals surface area contributed by atoms with Gasteiger partial charge in [-0.2, -0.15) is 0 Å². The second kappa shape index (κ2) is 8.16. The lowest BCUT2D eigenvalue weighted by Crippen LogP contribution is -2.22. The van der Waals surface area contributed by atoms with E-state index in [0.29, 0.717) is 10.8 Å². The normalized spacial score (nSPS) is 11.4. The fraction of sp³-hybridized carbons (Fsp3) is 0.0435. The fourth-order valence-corrected chi connectivity index (χ4v) is 3.79. The van der Waals surface area contributed by atoms with Crippen molar-refractivity contribution in [2.45, 2.75) is 0 Å². The lowest BCUT2D eigenvalue weighted by molar-refractivity contribution is -0.113. The van der Waals surface area contributed by atoms with Gasteiger partial charge in [-0.1, -0.05) is 60.7 Å². The second-order valence-electron chi connectivity index (χ2n) is 6.39. The Morgan fingerprint density at radius 3 is 2.48 bits per heavy atom. The van der Waals surface area contributed by atoms with Gasteiger partial charge in [-0.3, -0.25) is 10.1 Å². The van der Waals surface area contributed by atoms with Crippen LogP contribution in [0, 0.1) is 0 Å². The van der Waals surface area contributed by atoms with Crippen LogP contribution in [0.5, 0.6) is 5.75 Å². The molecule has 29 heavy (non-hydrogen) atoms. The lowest BCUT2D eigenvalue weighted by Gasteiger charge is -2.09. The van der Waals surface area contributed by atoms with Crippen LogP contribution in [-0.2, 0) is 4.79 Å². The van der Waals surface area contributed by atoms with Crippen LogP contribution in [0.1, 0.15) is 5.56 Å². The maximum absolute atomic E-state index is 12.8. The third-order valence-corrected chi connectivity index (χ3v) is 5.30. The number of thiazole rings is 1. The summed E-state index contributed by atoms with van der Waals surface area (Å²) >= 11 is 1.38. The first-order valence-corrected chi connectivity index (χ1v) is 9.96. The molecule has 0 bridgehead atoms. The standard InChI is InChI=1S/C23H19N3O2S/c1-24-19(13-16-11-12-21(27)18-10-6-5-9-17(16)18)22(28)26-23-25-20(14-29-23)15-7-3-2-4-8-15/h2-14,24,27H,1H3,(H,25,26,28)/b19-13-. The van der Waals surface area contributed by atoms with E-state index in [4.69, 9.17) is 0 Å². The van der Waals surface area contributed by atoms with Gasteiger partial charge in [0.15, 0.2) is 5.13 Å². The van der Waals surface area contributed by atoms with Crippen molar-refractivity contribution in [3.63, 3.8) is 0 Å². The van der Waals surface area contributed by atoms with Crippen molar-refractivity contribution < 1.29 is 9.90 Å². The highest BCUT2D eigenvalue weighted by atomic mass is 32.1. The molecule has 0 aliphatic carbocycles. The van der Waals surface area contributed by atoms with Crippen molar-refractivity contribution in [1.29, 1.82) is 0 Å². The molecular formula is C23H19N3O2S. The van der Waals surface area contributed by atoms with E-state index < -0.39 is 0 Å². The average molecular weight is 401 g/mol. The van der Waals surface area contributed by atoms with Gasteiger partial charge < -0.3 is 10.4 Å². The molecule has 0 saturated heterocycles. The zero-order chi connectivity index (χ0) is 20.2. The zero-order valence-electron chi connectivity index (χ0n) is 15.7. The number of nitrogens with zero attached hydrogens (tertiary/aromatic N) is 1. The summed E-state index contributed by atoms with van der Waals surface area (Å²) in [6.07, 6.45) is 1.77. The van der Waals surface area contributed by atoms with Crippen molar-refractivity contribution in [3.05, 3.63) is 83.4 Å². The molecule has 0 aliphatic rings. The molecule has 0 aliphatic heterocycles. The molecule has 4 aromatic rings. The minimum Gasteiger partial charge on any atom is -0.507 e. The second-order valence-corrected chi connectivity index (χ2v) is 7.24. The summed E-state index contributed by atoms with van der Waals surface area (Å²) in [5, 5.41) is 19.9. The molecule has 0 saturated carbocycles. The number of fused-ring (bicyclic) bond motifs is 1. The first kappa shape index (κ1) is 18.7. The summed E-state index contributed by atoms with van der Waals surface area (Å²) in [5.41, 5.74) is 3.06. The number of benzene rings is 3. The molecule has 0 atom stereocenters. The van der Waals surface area contributed by atoms with E-state index in [1.54, 1.807) is 25.3 Å².